The molecule has 7 heteroatoms. The molecule has 1 rings (SSSR count). The summed E-state index contributed by atoms with van der Waals surface area (Å²) in [6.45, 7) is 3.82. The summed E-state index contributed by atoms with van der Waals surface area (Å²) in [5, 5.41) is 0.303. The van der Waals surface area contributed by atoms with Crippen LogP contribution in [0.1, 0.15) is 13.8 Å². The number of nitrogens with two attached hydrogens (primary N) is 1. The van der Waals surface area contributed by atoms with Gasteiger partial charge in [0.15, 0.2) is 0 Å². The normalized spacial score (nSPS) is 11.8. The number of sulfonamides is 1. The molecule has 0 aromatic heterocycles. The molecule has 0 radical (unpaired) electrons. The van der Waals surface area contributed by atoms with Crippen LogP contribution in [0, 0.1) is 0 Å². The monoisotopic (exact) mass is 292 g/mol. The number of hydrogen-bond acceptors (Lipinski definition) is 4. The van der Waals surface area contributed by atoms with Crippen LogP contribution in [0.3, 0.4) is 0 Å². The molecule has 0 fully saturated rings. The highest BCUT2D eigenvalue weighted by atomic mass is 35.5. The highest BCUT2D eigenvalue weighted by Gasteiger charge is 2.13. The molecule has 102 valence electrons. The number of rotatable bonds is 6. The molecule has 1 aromatic carbocycles. The van der Waals surface area contributed by atoms with Crippen molar-refractivity contribution in [3.8, 4) is 0 Å². The smallest absolute Gasteiger partial charge is 0.235 e. The first-order valence-corrected chi connectivity index (χ1v) is 7.50. The number of nitrogen functional groups attached to an aromatic ring is 1. The van der Waals surface area contributed by atoms with Gasteiger partial charge in [-0.25, -0.2) is 8.42 Å². The Morgan fingerprint density at radius 3 is 2.72 bits per heavy atom. The zero-order chi connectivity index (χ0) is 13.8. The van der Waals surface area contributed by atoms with Crippen molar-refractivity contribution in [3.63, 3.8) is 0 Å². The lowest BCUT2D eigenvalue weighted by atomic mass is 10.3. The summed E-state index contributed by atoms with van der Waals surface area (Å²) in [5.41, 5.74) is 6.29. The van der Waals surface area contributed by atoms with Crippen LogP contribution in [0.15, 0.2) is 18.2 Å². The molecule has 5 nitrogen and oxygen atoms in total. The second kappa shape index (κ2) is 6.26. The quantitative estimate of drug-likeness (QED) is 0.787. The number of ether oxygens (including phenoxy) is 1. The third-order valence-corrected chi connectivity index (χ3v) is 3.62. The van der Waals surface area contributed by atoms with Gasteiger partial charge < -0.3 is 10.5 Å². The van der Waals surface area contributed by atoms with E-state index in [1.807, 2.05) is 13.8 Å². The van der Waals surface area contributed by atoms with Gasteiger partial charge in [0.05, 0.1) is 29.2 Å². The van der Waals surface area contributed by atoms with E-state index in [4.69, 9.17) is 22.1 Å². The molecule has 0 aliphatic rings. The highest BCUT2D eigenvalue weighted by molar-refractivity contribution is 7.92. The van der Waals surface area contributed by atoms with Gasteiger partial charge in [0, 0.05) is 5.69 Å². The Hall–Kier alpha value is -0.980. The van der Waals surface area contributed by atoms with Crippen LogP contribution in [0.25, 0.3) is 0 Å². The number of hydrogen-bond donors (Lipinski definition) is 2. The van der Waals surface area contributed by atoms with Gasteiger partial charge in [-0.05, 0) is 32.0 Å². The summed E-state index contributed by atoms with van der Waals surface area (Å²) >= 11 is 5.87. The van der Waals surface area contributed by atoms with Crippen LogP contribution in [0.4, 0.5) is 11.4 Å². The summed E-state index contributed by atoms with van der Waals surface area (Å²) in [5.74, 6) is -0.129. The lowest BCUT2D eigenvalue weighted by Crippen LogP contribution is -2.21. The van der Waals surface area contributed by atoms with E-state index in [2.05, 4.69) is 4.72 Å². The van der Waals surface area contributed by atoms with E-state index < -0.39 is 10.0 Å². The van der Waals surface area contributed by atoms with Crippen LogP contribution < -0.4 is 10.5 Å². The van der Waals surface area contributed by atoms with Crippen molar-refractivity contribution in [1.29, 1.82) is 0 Å². The molecule has 0 spiro atoms. The molecule has 0 unspecified atom stereocenters. The zero-order valence-electron chi connectivity index (χ0n) is 10.3. The van der Waals surface area contributed by atoms with E-state index >= 15 is 0 Å². The number of nitrogens with one attached hydrogen (secondary N) is 1. The van der Waals surface area contributed by atoms with Gasteiger partial charge in [-0.1, -0.05) is 11.6 Å². The molecule has 0 aliphatic heterocycles. The van der Waals surface area contributed by atoms with Gasteiger partial charge in [-0.15, -0.1) is 0 Å². The van der Waals surface area contributed by atoms with E-state index in [1.165, 1.54) is 6.07 Å². The van der Waals surface area contributed by atoms with Gasteiger partial charge in [-0.3, -0.25) is 4.72 Å². The zero-order valence-corrected chi connectivity index (χ0v) is 11.9. The lowest BCUT2D eigenvalue weighted by Gasteiger charge is -2.11. The average molecular weight is 293 g/mol. The van der Waals surface area contributed by atoms with E-state index in [9.17, 15) is 8.42 Å². The van der Waals surface area contributed by atoms with Crippen LogP contribution in [-0.2, 0) is 14.8 Å². The van der Waals surface area contributed by atoms with Crippen LogP contribution in [0.2, 0.25) is 5.02 Å². The third-order valence-electron chi connectivity index (χ3n) is 2.06. The Kier molecular flexibility index (Phi) is 5.25. The Morgan fingerprint density at radius 2 is 2.11 bits per heavy atom. The first-order valence-electron chi connectivity index (χ1n) is 5.47. The highest BCUT2D eigenvalue weighted by Crippen LogP contribution is 2.25. The Labute approximate surface area is 112 Å². The fraction of sp³-hybridized carbons (Fsp3) is 0.455. The molecule has 0 saturated carbocycles. The Bertz CT molecular complexity index is 503. The lowest BCUT2D eigenvalue weighted by molar-refractivity contribution is 0.0913. The third kappa shape index (κ3) is 5.12. The van der Waals surface area contributed by atoms with Gasteiger partial charge in [0.25, 0.3) is 0 Å². The minimum atomic E-state index is -3.48. The first-order chi connectivity index (χ1) is 8.30. The molecule has 0 saturated heterocycles. The molecule has 0 heterocycles. The SMILES string of the molecule is CC(C)OCCS(=O)(=O)Nc1cc(N)ccc1Cl. The molecule has 1 aromatic rings. The molecule has 0 amide bonds. The minimum absolute atomic E-state index is 0.00356. The summed E-state index contributed by atoms with van der Waals surface area (Å²) in [4.78, 5) is 0. The maximum atomic E-state index is 11.8. The van der Waals surface area contributed by atoms with Crippen LogP contribution in [-0.4, -0.2) is 26.9 Å². The maximum absolute atomic E-state index is 11.8. The van der Waals surface area contributed by atoms with Crippen molar-refractivity contribution in [3.05, 3.63) is 23.2 Å². The second-order valence-corrected chi connectivity index (χ2v) is 6.33. The Balaban J connectivity index is 2.67. The van der Waals surface area contributed by atoms with Crippen molar-refractivity contribution in [2.75, 3.05) is 22.8 Å². The van der Waals surface area contributed by atoms with E-state index in [0.717, 1.165) is 0 Å². The summed E-state index contributed by atoms with van der Waals surface area (Å²) < 4.78 is 31.1. The fourth-order valence-corrected chi connectivity index (χ4v) is 2.38. The number of anilines is 2. The van der Waals surface area contributed by atoms with Crippen LogP contribution in [0.5, 0.6) is 0 Å². The molecule has 0 bridgehead atoms. The molecular weight excluding hydrogens is 276 g/mol. The summed E-state index contributed by atoms with van der Waals surface area (Å²) in [6.07, 6.45) is -0.00356. The minimum Gasteiger partial charge on any atom is -0.399 e. The van der Waals surface area contributed by atoms with Crippen LogP contribution >= 0.6 is 11.6 Å². The molecule has 0 atom stereocenters. The number of benzene rings is 1. The van der Waals surface area contributed by atoms with Gasteiger partial charge >= 0.3 is 0 Å². The van der Waals surface area contributed by atoms with E-state index in [1.54, 1.807) is 12.1 Å². The summed E-state index contributed by atoms with van der Waals surface area (Å²) in [6, 6.07) is 4.62. The van der Waals surface area contributed by atoms with Crippen molar-refractivity contribution in [1.82, 2.24) is 0 Å². The average Bonchev–Trinajstić information content (AvgIpc) is 2.22. The molecule has 0 aliphatic carbocycles. The van der Waals surface area contributed by atoms with Crippen molar-refractivity contribution in [2.24, 2.45) is 0 Å². The predicted octanol–water partition coefficient (Wildman–Crippen LogP) is 2.09. The maximum Gasteiger partial charge on any atom is 0.235 e. The molecule has 3 N–H and O–H groups in total. The largest absolute Gasteiger partial charge is 0.399 e. The topological polar surface area (TPSA) is 81.4 Å². The van der Waals surface area contributed by atoms with Gasteiger partial charge in [-0.2, -0.15) is 0 Å². The number of halogens is 1. The van der Waals surface area contributed by atoms with E-state index in [0.29, 0.717) is 10.7 Å². The molecule has 18 heavy (non-hydrogen) atoms. The van der Waals surface area contributed by atoms with Crippen molar-refractivity contribution >= 4 is 33.0 Å². The second-order valence-electron chi connectivity index (χ2n) is 4.08. The van der Waals surface area contributed by atoms with Gasteiger partial charge in [0.2, 0.25) is 10.0 Å². The first kappa shape index (κ1) is 15.1. The van der Waals surface area contributed by atoms with Crippen molar-refractivity contribution < 1.29 is 13.2 Å². The molecular formula is C11H17ClN2O3S. The van der Waals surface area contributed by atoms with Gasteiger partial charge in [0.1, 0.15) is 0 Å². The standard InChI is InChI=1S/C11H17ClN2O3S/c1-8(2)17-5-6-18(15,16)14-11-7-9(13)3-4-10(11)12/h3-4,7-8,14H,5-6,13H2,1-2H3. The summed E-state index contributed by atoms with van der Waals surface area (Å²) in [7, 11) is -3.48. The predicted molar refractivity (Wildman–Crippen MR) is 74.4 cm³/mol. The Morgan fingerprint density at radius 1 is 1.44 bits per heavy atom. The fourth-order valence-electron chi connectivity index (χ4n) is 1.23. The van der Waals surface area contributed by atoms with Crippen molar-refractivity contribution in [2.45, 2.75) is 20.0 Å². The van der Waals surface area contributed by atoms with E-state index in [-0.39, 0.29) is 24.2 Å².